The number of hydrogen-bond donors (Lipinski definition) is 0. The van der Waals surface area contributed by atoms with Crippen molar-refractivity contribution < 1.29 is 32.2 Å². The van der Waals surface area contributed by atoms with Gasteiger partial charge in [-0.2, -0.15) is 9.30 Å². The van der Waals surface area contributed by atoms with Crippen LogP contribution in [0.4, 0.5) is 0 Å². The summed E-state index contributed by atoms with van der Waals surface area (Å²) >= 11 is 1.20. The SMILES string of the molecule is CCOC(=O)Cn1c(=NC(=O)c2ccc(S(=O)(=O)N(C)C(C)C)cc2)sc2cc(OC)c(OC)cc21. The average molecular weight is 536 g/mol. The first-order chi connectivity index (χ1) is 17.0. The number of methoxy groups -OCH3 is 2. The van der Waals surface area contributed by atoms with Crippen LogP contribution in [0.5, 0.6) is 11.5 Å². The van der Waals surface area contributed by atoms with Gasteiger partial charge in [-0.3, -0.25) is 9.59 Å². The van der Waals surface area contributed by atoms with Crippen LogP contribution in [-0.2, 0) is 26.1 Å². The molecule has 3 rings (SSSR count). The number of thiazole rings is 1. The number of carbonyl (C=O) groups excluding carboxylic acids is 2. The lowest BCUT2D eigenvalue weighted by Crippen LogP contribution is -2.33. The number of benzene rings is 2. The minimum Gasteiger partial charge on any atom is -0.493 e. The fraction of sp³-hybridized carbons (Fsp3) is 0.375. The van der Waals surface area contributed by atoms with E-state index in [1.165, 1.54) is 61.2 Å². The maximum absolute atomic E-state index is 13.0. The number of amides is 1. The van der Waals surface area contributed by atoms with Gasteiger partial charge in [0.2, 0.25) is 10.0 Å². The van der Waals surface area contributed by atoms with Crippen LogP contribution in [-0.4, -0.2) is 63.1 Å². The van der Waals surface area contributed by atoms with E-state index in [1.807, 2.05) is 0 Å². The normalized spacial score (nSPS) is 12.4. The highest BCUT2D eigenvalue weighted by molar-refractivity contribution is 7.89. The zero-order valence-electron chi connectivity index (χ0n) is 21.0. The second-order valence-corrected chi connectivity index (χ2v) is 11.0. The summed E-state index contributed by atoms with van der Waals surface area (Å²) < 4.78 is 44.8. The van der Waals surface area contributed by atoms with Gasteiger partial charge in [0.05, 0.1) is 35.9 Å². The molecule has 3 aromatic rings. The van der Waals surface area contributed by atoms with Gasteiger partial charge < -0.3 is 18.8 Å². The van der Waals surface area contributed by atoms with E-state index in [9.17, 15) is 18.0 Å². The number of fused-ring (bicyclic) bond motifs is 1. The molecule has 0 bridgehead atoms. The van der Waals surface area contributed by atoms with Crippen LogP contribution in [0.1, 0.15) is 31.1 Å². The molecule has 0 saturated heterocycles. The van der Waals surface area contributed by atoms with Crippen LogP contribution in [0.2, 0.25) is 0 Å². The zero-order chi connectivity index (χ0) is 26.6. The highest BCUT2D eigenvalue weighted by Crippen LogP contribution is 2.33. The summed E-state index contributed by atoms with van der Waals surface area (Å²) in [6.45, 7) is 5.31. The van der Waals surface area contributed by atoms with E-state index in [4.69, 9.17) is 14.2 Å². The molecular formula is C24H29N3O7S2. The quantitative estimate of drug-likeness (QED) is 0.387. The molecule has 36 heavy (non-hydrogen) atoms. The highest BCUT2D eigenvalue weighted by atomic mass is 32.2. The molecule has 194 valence electrons. The van der Waals surface area contributed by atoms with Crippen LogP contribution in [0.15, 0.2) is 46.3 Å². The van der Waals surface area contributed by atoms with Gasteiger partial charge in [-0.1, -0.05) is 11.3 Å². The topological polar surface area (TPSA) is 117 Å². The van der Waals surface area contributed by atoms with Crippen molar-refractivity contribution in [2.75, 3.05) is 27.9 Å². The maximum Gasteiger partial charge on any atom is 0.326 e. The average Bonchev–Trinajstić information content (AvgIpc) is 3.17. The zero-order valence-corrected chi connectivity index (χ0v) is 22.6. The van der Waals surface area contributed by atoms with Crippen LogP contribution in [0.25, 0.3) is 10.2 Å². The lowest BCUT2D eigenvalue weighted by Gasteiger charge is -2.20. The van der Waals surface area contributed by atoms with Crippen molar-refractivity contribution in [2.24, 2.45) is 4.99 Å². The lowest BCUT2D eigenvalue weighted by atomic mass is 10.2. The summed E-state index contributed by atoms with van der Waals surface area (Å²) in [5.41, 5.74) is 0.826. The summed E-state index contributed by atoms with van der Waals surface area (Å²) in [6.07, 6.45) is 0. The van der Waals surface area contributed by atoms with Crippen molar-refractivity contribution in [3.05, 3.63) is 46.8 Å². The Hall–Kier alpha value is -3.22. The number of nitrogens with zero attached hydrogens (tertiary/aromatic N) is 3. The Morgan fingerprint density at radius 1 is 1.08 bits per heavy atom. The Morgan fingerprint density at radius 2 is 1.69 bits per heavy atom. The number of carbonyl (C=O) groups is 2. The van der Waals surface area contributed by atoms with Crippen molar-refractivity contribution in [1.29, 1.82) is 0 Å². The first-order valence-electron chi connectivity index (χ1n) is 11.1. The van der Waals surface area contributed by atoms with Crippen molar-refractivity contribution in [2.45, 2.75) is 38.3 Å². The van der Waals surface area contributed by atoms with Crippen LogP contribution in [0, 0.1) is 0 Å². The largest absolute Gasteiger partial charge is 0.493 e. The molecule has 0 spiro atoms. The fourth-order valence-corrected chi connectivity index (χ4v) is 5.74. The maximum atomic E-state index is 13.0. The number of sulfonamides is 1. The van der Waals surface area contributed by atoms with E-state index in [-0.39, 0.29) is 34.5 Å². The molecule has 0 aliphatic rings. The van der Waals surface area contributed by atoms with Gasteiger partial charge in [0.25, 0.3) is 5.91 Å². The van der Waals surface area contributed by atoms with E-state index in [0.717, 1.165) is 4.70 Å². The molecule has 0 fully saturated rings. The molecule has 0 aliphatic heterocycles. The van der Waals surface area contributed by atoms with E-state index in [2.05, 4.69) is 4.99 Å². The first kappa shape index (κ1) is 27.4. The molecule has 1 amide bonds. The van der Waals surface area contributed by atoms with Gasteiger partial charge in [-0.15, -0.1) is 0 Å². The number of esters is 1. The smallest absolute Gasteiger partial charge is 0.326 e. The van der Waals surface area contributed by atoms with Crippen molar-refractivity contribution in [3.63, 3.8) is 0 Å². The summed E-state index contributed by atoms with van der Waals surface area (Å²) in [7, 11) is 0.839. The molecule has 0 atom stereocenters. The van der Waals surface area contributed by atoms with Crippen molar-refractivity contribution >= 4 is 43.5 Å². The standard InChI is InChI=1S/C24H29N3O7S2/c1-7-34-22(28)14-27-18-12-19(32-5)20(33-6)13-21(18)35-24(27)25-23(29)16-8-10-17(11-9-16)36(30,31)26(4)15(2)3/h8-13,15H,7,14H2,1-6H3. The van der Waals surface area contributed by atoms with Crippen molar-refractivity contribution in [3.8, 4) is 11.5 Å². The molecule has 1 aromatic heterocycles. The van der Waals surface area contributed by atoms with Crippen LogP contribution < -0.4 is 14.3 Å². The van der Waals surface area contributed by atoms with Gasteiger partial charge in [-0.25, -0.2) is 8.42 Å². The van der Waals surface area contributed by atoms with Crippen LogP contribution in [0.3, 0.4) is 0 Å². The number of ether oxygens (including phenoxy) is 3. The van der Waals surface area contributed by atoms with Crippen molar-refractivity contribution in [1.82, 2.24) is 8.87 Å². The predicted molar refractivity (Wildman–Crippen MR) is 136 cm³/mol. The number of aromatic nitrogens is 1. The monoisotopic (exact) mass is 535 g/mol. The van der Waals surface area contributed by atoms with E-state index in [0.29, 0.717) is 17.0 Å². The Bertz CT molecular complexity index is 1440. The van der Waals surface area contributed by atoms with E-state index >= 15 is 0 Å². The summed E-state index contributed by atoms with van der Waals surface area (Å²) in [5.74, 6) is -0.110. The van der Waals surface area contributed by atoms with Gasteiger partial charge in [0.1, 0.15) is 6.54 Å². The van der Waals surface area contributed by atoms with E-state index < -0.39 is 21.9 Å². The van der Waals surface area contributed by atoms with Gasteiger partial charge in [0.15, 0.2) is 16.3 Å². The van der Waals surface area contributed by atoms with Crippen LogP contribution >= 0.6 is 11.3 Å². The Labute approximate surface area is 213 Å². The minimum atomic E-state index is -3.68. The molecule has 1 heterocycles. The minimum absolute atomic E-state index is 0.0775. The molecule has 0 aliphatic carbocycles. The molecule has 2 aromatic carbocycles. The summed E-state index contributed by atoms with van der Waals surface area (Å²) in [6, 6.07) is 8.83. The lowest BCUT2D eigenvalue weighted by molar-refractivity contribution is -0.143. The van der Waals surface area contributed by atoms with Gasteiger partial charge in [0, 0.05) is 30.8 Å². The third-order valence-corrected chi connectivity index (χ3v) is 8.57. The molecule has 0 saturated carbocycles. The second kappa shape index (κ2) is 11.2. The molecular weight excluding hydrogens is 506 g/mol. The Morgan fingerprint density at radius 3 is 2.25 bits per heavy atom. The molecule has 0 unspecified atom stereocenters. The molecule has 12 heteroatoms. The Kier molecular flexibility index (Phi) is 8.54. The third kappa shape index (κ3) is 5.61. The molecule has 0 N–H and O–H groups in total. The number of rotatable bonds is 9. The summed E-state index contributed by atoms with van der Waals surface area (Å²) in [5, 5.41) is 0. The Balaban J connectivity index is 2.07. The number of hydrogen-bond acceptors (Lipinski definition) is 8. The first-order valence-corrected chi connectivity index (χ1v) is 13.4. The second-order valence-electron chi connectivity index (χ2n) is 8.01. The fourth-order valence-electron chi connectivity index (χ4n) is 3.34. The predicted octanol–water partition coefficient (Wildman–Crippen LogP) is 3.05. The molecule has 0 radical (unpaired) electrons. The molecule has 10 nitrogen and oxygen atoms in total. The summed E-state index contributed by atoms with van der Waals surface area (Å²) in [4.78, 5) is 29.9. The van der Waals surface area contributed by atoms with Gasteiger partial charge in [-0.05, 0) is 45.0 Å². The third-order valence-electron chi connectivity index (χ3n) is 5.48. The highest BCUT2D eigenvalue weighted by Gasteiger charge is 2.23. The van der Waals surface area contributed by atoms with Gasteiger partial charge >= 0.3 is 5.97 Å². The van der Waals surface area contributed by atoms with E-state index in [1.54, 1.807) is 37.5 Å².